The molecule has 0 aliphatic carbocycles. The molecule has 8 N–H and O–H groups in total. The van der Waals surface area contributed by atoms with Crippen LogP contribution in [0.4, 0.5) is 0 Å². The molecule has 1 saturated heterocycles. The quantitative estimate of drug-likeness (QED) is 0.118. The highest BCUT2D eigenvalue weighted by molar-refractivity contribution is 6.07. The zero-order valence-electron chi connectivity index (χ0n) is 21.2. The van der Waals surface area contributed by atoms with Gasteiger partial charge < -0.3 is 27.0 Å². The first-order valence-electron chi connectivity index (χ1n) is 12.7. The number of guanidine groups is 1. The van der Waals surface area contributed by atoms with E-state index in [1.165, 1.54) is 0 Å². The van der Waals surface area contributed by atoms with Crippen molar-refractivity contribution < 1.29 is 19.2 Å². The first kappa shape index (κ1) is 28.3. The summed E-state index contributed by atoms with van der Waals surface area (Å²) < 4.78 is 0. The van der Waals surface area contributed by atoms with Gasteiger partial charge in [0.2, 0.25) is 17.7 Å². The number of nitrogens with one attached hydrogen (secondary N) is 6. The summed E-state index contributed by atoms with van der Waals surface area (Å²) in [6.07, 6.45) is 2.35. The minimum absolute atomic E-state index is 0.177. The van der Waals surface area contributed by atoms with Gasteiger partial charge in [-0.1, -0.05) is 48.5 Å². The van der Waals surface area contributed by atoms with Gasteiger partial charge in [0.1, 0.15) is 12.1 Å². The van der Waals surface area contributed by atoms with Gasteiger partial charge in [0.05, 0.1) is 6.04 Å². The van der Waals surface area contributed by atoms with Gasteiger partial charge in [0, 0.05) is 18.5 Å². The summed E-state index contributed by atoms with van der Waals surface area (Å²) >= 11 is 0. The number of rotatable bonds is 12. The Labute approximate surface area is 221 Å². The smallest absolute Gasteiger partial charge is 0.257 e. The van der Waals surface area contributed by atoms with Crippen LogP contribution in [-0.2, 0) is 20.8 Å². The molecule has 1 aliphatic heterocycles. The van der Waals surface area contributed by atoms with Crippen molar-refractivity contribution in [3.63, 3.8) is 0 Å². The zero-order chi connectivity index (χ0) is 27.3. The van der Waals surface area contributed by atoms with E-state index in [1.54, 1.807) is 30.3 Å². The molecule has 2 aromatic rings. The summed E-state index contributed by atoms with van der Waals surface area (Å²) in [7, 11) is 0. The molecule has 38 heavy (non-hydrogen) atoms. The van der Waals surface area contributed by atoms with Crippen LogP contribution in [0.2, 0.25) is 0 Å². The lowest BCUT2D eigenvalue weighted by Gasteiger charge is -2.24. The number of hydrogen-bond donors (Lipinski definition) is 7. The summed E-state index contributed by atoms with van der Waals surface area (Å²) in [5.74, 6) is -2.27. The van der Waals surface area contributed by atoms with Crippen LogP contribution in [0.3, 0.4) is 0 Å². The molecule has 11 heteroatoms. The molecule has 0 saturated carbocycles. The van der Waals surface area contributed by atoms with Crippen molar-refractivity contribution in [3.05, 3.63) is 71.8 Å². The third-order valence-corrected chi connectivity index (χ3v) is 6.18. The van der Waals surface area contributed by atoms with Crippen molar-refractivity contribution in [2.45, 2.75) is 50.2 Å². The molecular weight excluding hydrogens is 486 g/mol. The van der Waals surface area contributed by atoms with E-state index in [0.717, 1.165) is 18.5 Å². The summed E-state index contributed by atoms with van der Waals surface area (Å²) in [6, 6.07) is 15.2. The van der Waals surface area contributed by atoms with Crippen LogP contribution in [0.25, 0.3) is 0 Å². The van der Waals surface area contributed by atoms with Gasteiger partial charge in [0.25, 0.3) is 5.91 Å². The molecular formula is C27H35N7O4. The maximum Gasteiger partial charge on any atom is 0.257 e. The van der Waals surface area contributed by atoms with Crippen LogP contribution < -0.4 is 32.3 Å². The molecule has 0 spiro atoms. The highest BCUT2D eigenvalue weighted by Gasteiger charge is 2.30. The Kier molecular flexibility index (Phi) is 10.8. The molecule has 202 valence electrons. The average molecular weight is 522 g/mol. The summed E-state index contributed by atoms with van der Waals surface area (Å²) in [6.45, 7) is 1.04. The first-order valence-corrected chi connectivity index (χ1v) is 12.7. The van der Waals surface area contributed by atoms with Crippen LogP contribution in [0.15, 0.2) is 60.7 Å². The van der Waals surface area contributed by atoms with Crippen molar-refractivity contribution in [1.82, 2.24) is 26.6 Å². The second-order valence-electron chi connectivity index (χ2n) is 9.13. The number of amides is 4. The van der Waals surface area contributed by atoms with Crippen LogP contribution in [0.5, 0.6) is 0 Å². The molecule has 0 radical (unpaired) electrons. The number of imide groups is 1. The Balaban J connectivity index is 1.73. The number of hydrogen-bond acceptors (Lipinski definition) is 6. The Morgan fingerprint density at radius 1 is 0.947 bits per heavy atom. The second-order valence-corrected chi connectivity index (χ2v) is 9.13. The van der Waals surface area contributed by atoms with Gasteiger partial charge in [0.15, 0.2) is 5.96 Å². The molecule has 2 aromatic carbocycles. The zero-order valence-corrected chi connectivity index (χ0v) is 21.2. The van der Waals surface area contributed by atoms with E-state index >= 15 is 0 Å². The maximum atomic E-state index is 13.4. The number of carbonyl (C=O) groups excluding carboxylic acids is 4. The lowest BCUT2D eigenvalue weighted by molar-refractivity contribution is -0.132. The van der Waals surface area contributed by atoms with Crippen LogP contribution in [-0.4, -0.2) is 60.8 Å². The Morgan fingerprint density at radius 2 is 1.63 bits per heavy atom. The van der Waals surface area contributed by atoms with Crippen molar-refractivity contribution in [2.75, 3.05) is 13.1 Å². The van der Waals surface area contributed by atoms with E-state index in [2.05, 4.69) is 26.6 Å². The summed E-state index contributed by atoms with van der Waals surface area (Å²) in [5, 5.41) is 21.0. The Morgan fingerprint density at radius 3 is 2.26 bits per heavy atom. The van der Waals surface area contributed by atoms with E-state index < -0.39 is 29.8 Å². The van der Waals surface area contributed by atoms with E-state index in [4.69, 9.17) is 11.1 Å². The summed E-state index contributed by atoms with van der Waals surface area (Å²) in [5.41, 5.74) is 6.48. The van der Waals surface area contributed by atoms with Gasteiger partial charge in [-0.25, -0.2) is 0 Å². The van der Waals surface area contributed by atoms with Crippen molar-refractivity contribution in [3.8, 4) is 0 Å². The van der Waals surface area contributed by atoms with Crippen molar-refractivity contribution >= 4 is 29.6 Å². The van der Waals surface area contributed by atoms with Crippen molar-refractivity contribution in [2.24, 2.45) is 5.73 Å². The van der Waals surface area contributed by atoms with Crippen LogP contribution in [0.1, 0.15) is 41.6 Å². The predicted octanol–water partition coefficient (Wildman–Crippen LogP) is 0.171. The maximum absolute atomic E-state index is 13.4. The lowest BCUT2D eigenvalue weighted by Crippen LogP contribution is -2.56. The van der Waals surface area contributed by atoms with E-state index in [0.29, 0.717) is 24.9 Å². The first-order chi connectivity index (χ1) is 18.3. The monoisotopic (exact) mass is 521 g/mol. The third-order valence-electron chi connectivity index (χ3n) is 6.18. The standard InChI is InChI=1S/C27H35N7O4/c28-27(29)31-16-8-14-21(25(37)34-23(35)19-11-5-2-6-12-19)32-26(38)22(17-18-9-3-1-4-10-18)33-24(36)20-13-7-15-30-20/h1-6,9-12,20-22,30H,7-8,13-17H2,(H,32,38)(H,33,36)(H4,28,29,31)(H,34,35,37)/t20-,21-,22-/m0/s1. The molecule has 0 aromatic heterocycles. The minimum atomic E-state index is -1.05. The van der Waals surface area contributed by atoms with Crippen LogP contribution in [0, 0.1) is 5.41 Å². The fourth-order valence-electron chi connectivity index (χ4n) is 4.17. The fraction of sp³-hybridized carbons (Fsp3) is 0.370. The average Bonchev–Trinajstić information content (AvgIpc) is 3.46. The number of carbonyl (C=O) groups is 4. The molecule has 1 aliphatic rings. The number of nitrogens with two attached hydrogens (primary N) is 1. The molecule has 1 fully saturated rings. The molecule has 1 heterocycles. The predicted molar refractivity (Wildman–Crippen MR) is 143 cm³/mol. The Bertz CT molecular complexity index is 1100. The van der Waals surface area contributed by atoms with Crippen LogP contribution >= 0.6 is 0 Å². The molecule has 0 bridgehead atoms. The lowest BCUT2D eigenvalue weighted by atomic mass is 10.0. The SMILES string of the molecule is N=C(N)NCCC[C@H](NC(=O)[C@H](Cc1ccccc1)NC(=O)[C@@H]1CCCN1)C(=O)NC(=O)c1ccccc1. The molecule has 3 atom stereocenters. The molecule has 4 amide bonds. The number of benzene rings is 2. The largest absolute Gasteiger partial charge is 0.370 e. The van der Waals surface area contributed by atoms with Gasteiger partial charge in [-0.05, 0) is 49.9 Å². The minimum Gasteiger partial charge on any atom is -0.370 e. The van der Waals surface area contributed by atoms with Gasteiger partial charge in [-0.3, -0.25) is 29.9 Å². The normalized spacial score (nSPS) is 16.1. The van der Waals surface area contributed by atoms with E-state index in [1.807, 2.05) is 30.3 Å². The van der Waals surface area contributed by atoms with Crippen molar-refractivity contribution in [1.29, 1.82) is 5.41 Å². The highest BCUT2D eigenvalue weighted by atomic mass is 16.2. The van der Waals surface area contributed by atoms with Gasteiger partial charge in [-0.2, -0.15) is 0 Å². The topological polar surface area (TPSA) is 178 Å². The highest BCUT2D eigenvalue weighted by Crippen LogP contribution is 2.09. The molecule has 0 unspecified atom stereocenters. The van der Waals surface area contributed by atoms with E-state index in [-0.39, 0.29) is 30.8 Å². The molecule has 11 nitrogen and oxygen atoms in total. The van der Waals surface area contributed by atoms with E-state index in [9.17, 15) is 19.2 Å². The fourth-order valence-corrected chi connectivity index (χ4v) is 4.17. The third kappa shape index (κ3) is 9.00. The molecule has 3 rings (SSSR count). The Hall–Kier alpha value is -4.25. The summed E-state index contributed by atoms with van der Waals surface area (Å²) in [4.78, 5) is 51.9. The second kappa shape index (κ2) is 14.5. The van der Waals surface area contributed by atoms with Gasteiger partial charge in [-0.15, -0.1) is 0 Å². The van der Waals surface area contributed by atoms with Gasteiger partial charge >= 0.3 is 0 Å².